The Hall–Kier alpha value is -2.59. The van der Waals surface area contributed by atoms with Crippen molar-refractivity contribution in [2.24, 2.45) is 0 Å². The number of aryl methyl sites for hydroxylation is 2. The zero-order valence-electron chi connectivity index (χ0n) is 16.9. The molecule has 0 aromatic heterocycles. The number of hydrogen-bond acceptors (Lipinski definition) is 7. The van der Waals surface area contributed by atoms with Gasteiger partial charge in [0.05, 0.1) is 0 Å². The third kappa shape index (κ3) is 3.89. The van der Waals surface area contributed by atoms with Crippen LogP contribution in [0.2, 0.25) is 0 Å². The van der Waals surface area contributed by atoms with E-state index in [1.165, 1.54) is 11.1 Å². The van der Waals surface area contributed by atoms with Crippen LogP contribution in [0.5, 0.6) is 0 Å². The van der Waals surface area contributed by atoms with Crippen molar-refractivity contribution in [3.8, 4) is 0 Å². The fourth-order valence-electron chi connectivity index (χ4n) is 4.37. The van der Waals surface area contributed by atoms with Gasteiger partial charge < -0.3 is 25.5 Å². The minimum atomic E-state index is -3.80. The van der Waals surface area contributed by atoms with Crippen LogP contribution in [-0.2, 0) is 45.1 Å². The van der Waals surface area contributed by atoms with Gasteiger partial charge in [-0.2, -0.15) is 0 Å². The molecule has 1 heterocycles. The molecular weight excluding hydrogens is 406 g/mol. The highest BCUT2D eigenvalue weighted by Gasteiger charge is 2.28. The van der Waals surface area contributed by atoms with Gasteiger partial charge in [0.2, 0.25) is 5.88 Å². The Balaban J connectivity index is 1.54. The first-order valence-electron chi connectivity index (χ1n) is 10.1. The zero-order chi connectivity index (χ0) is 21.3. The molecule has 10 heteroatoms. The second-order valence-electron chi connectivity index (χ2n) is 7.73. The number of anilines is 1. The number of benzene rings is 1. The van der Waals surface area contributed by atoms with Crippen molar-refractivity contribution in [2.75, 3.05) is 25.6 Å². The predicted octanol–water partition coefficient (Wildman–Crippen LogP) is 2.20. The first-order chi connectivity index (χ1) is 14.4. The summed E-state index contributed by atoms with van der Waals surface area (Å²) in [4.78, 5) is 12.5. The standard InChI is InChI=1S/C20H27N5O4S/c1-28-14-10-23-19(29-11-14)17(9-21)30(22,27)25-20(26)24-18-15-6-2-4-12(15)8-13-5-3-7-16(13)18/h8-9,14,21,23H,2-7,10-11H2,1H3,(H3,22,24,25,26,27)/b19-17-,21-9?/t14-,30?/m0/s1. The molecule has 0 bridgehead atoms. The molecule has 1 aliphatic heterocycles. The molecule has 3 aliphatic rings. The van der Waals surface area contributed by atoms with Crippen molar-refractivity contribution in [1.82, 2.24) is 10.0 Å². The molecule has 2 aliphatic carbocycles. The first-order valence-corrected chi connectivity index (χ1v) is 11.7. The summed E-state index contributed by atoms with van der Waals surface area (Å²) in [6.07, 6.45) is 6.53. The van der Waals surface area contributed by atoms with Gasteiger partial charge in [-0.05, 0) is 60.8 Å². The van der Waals surface area contributed by atoms with Gasteiger partial charge in [0.25, 0.3) is 0 Å². The van der Waals surface area contributed by atoms with Crippen LogP contribution in [-0.4, -0.2) is 42.8 Å². The van der Waals surface area contributed by atoms with Gasteiger partial charge in [0.15, 0.2) is 9.92 Å². The molecule has 0 saturated carbocycles. The van der Waals surface area contributed by atoms with E-state index < -0.39 is 15.9 Å². The molecule has 0 radical (unpaired) electrons. The molecule has 1 aromatic rings. The fraction of sp³-hybridized carbons (Fsp3) is 0.500. The highest BCUT2D eigenvalue weighted by Crippen LogP contribution is 2.38. The van der Waals surface area contributed by atoms with E-state index in [-0.39, 0.29) is 23.5 Å². The molecule has 4 rings (SSSR count). The number of allylic oxidation sites excluding steroid dienone is 1. The van der Waals surface area contributed by atoms with Crippen LogP contribution in [0.25, 0.3) is 0 Å². The highest BCUT2D eigenvalue weighted by molar-refractivity contribution is 7.95. The summed E-state index contributed by atoms with van der Waals surface area (Å²) in [6.45, 7) is 0.605. The van der Waals surface area contributed by atoms with E-state index in [0.29, 0.717) is 6.54 Å². The van der Waals surface area contributed by atoms with E-state index in [2.05, 4.69) is 21.4 Å². The summed E-state index contributed by atoms with van der Waals surface area (Å²) in [6, 6.07) is 1.55. The number of rotatable bonds is 5. The molecule has 1 saturated heterocycles. The van der Waals surface area contributed by atoms with Gasteiger partial charge in [0.1, 0.15) is 17.6 Å². The van der Waals surface area contributed by atoms with Crippen molar-refractivity contribution in [3.63, 3.8) is 0 Å². The number of carbonyl (C=O) groups excluding carboxylic acids is 1. The molecule has 9 nitrogen and oxygen atoms in total. The summed E-state index contributed by atoms with van der Waals surface area (Å²) in [5, 5.41) is 13.4. The molecule has 2 atom stereocenters. The summed E-state index contributed by atoms with van der Waals surface area (Å²) < 4.78 is 34.1. The van der Waals surface area contributed by atoms with E-state index in [1.807, 2.05) is 0 Å². The van der Waals surface area contributed by atoms with Crippen LogP contribution in [0.3, 0.4) is 0 Å². The number of urea groups is 1. The fourth-order valence-corrected chi connectivity index (χ4v) is 5.35. The third-order valence-corrected chi connectivity index (χ3v) is 7.25. The van der Waals surface area contributed by atoms with Crippen LogP contribution in [0, 0.1) is 10.2 Å². The van der Waals surface area contributed by atoms with E-state index in [0.717, 1.165) is 61.6 Å². The van der Waals surface area contributed by atoms with Crippen LogP contribution >= 0.6 is 0 Å². The molecule has 5 N–H and O–H groups in total. The monoisotopic (exact) mass is 433 g/mol. The van der Waals surface area contributed by atoms with Crippen molar-refractivity contribution in [3.05, 3.63) is 39.1 Å². The van der Waals surface area contributed by atoms with Gasteiger partial charge in [-0.1, -0.05) is 6.07 Å². The first kappa shape index (κ1) is 20.7. The van der Waals surface area contributed by atoms with Crippen LogP contribution in [0.15, 0.2) is 16.9 Å². The average molecular weight is 434 g/mol. The second-order valence-corrected chi connectivity index (χ2v) is 9.49. The number of amides is 2. The van der Waals surface area contributed by atoms with E-state index in [4.69, 9.17) is 19.7 Å². The van der Waals surface area contributed by atoms with Crippen molar-refractivity contribution in [1.29, 1.82) is 10.2 Å². The smallest absolute Gasteiger partial charge is 0.331 e. The van der Waals surface area contributed by atoms with Crippen molar-refractivity contribution >= 4 is 27.8 Å². The van der Waals surface area contributed by atoms with Crippen molar-refractivity contribution < 1.29 is 18.5 Å². The largest absolute Gasteiger partial charge is 0.475 e. The topological polar surface area (TPSA) is 136 Å². The predicted molar refractivity (Wildman–Crippen MR) is 114 cm³/mol. The number of carbonyl (C=O) groups is 1. The van der Waals surface area contributed by atoms with Gasteiger partial charge >= 0.3 is 6.03 Å². The second kappa shape index (κ2) is 8.27. The third-order valence-electron chi connectivity index (χ3n) is 5.85. The van der Waals surface area contributed by atoms with Crippen LogP contribution in [0.1, 0.15) is 35.1 Å². The van der Waals surface area contributed by atoms with Crippen LogP contribution in [0.4, 0.5) is 10.5 Å². The Morgan fingerprint density at radius 3 is 2.47 bits per heavy atom. The van der Waals surface area contributed by atoms with E-state index in [9.17, 15) is 9.00 Å². The minimum absolute atomic E-state index is 0.0556. The molecule has 0 spiro atoms. The normalized spacial score (nSPS) is 23.3. The summed E-state index contributed by atoms with van der Waals surface area (Å²) in [7, 11) is -2.24. The molecule has 1 fully saturated rings. The Morgan fingerprint density at radius 1 is 1.27 bits per heavy atom. The minimum Gasteiger partial charge on any atom is -0.475 e. The van der Waals surface area contributed by atoms with Gasteiger partial charge in [-0.15, -0.1) is 0 Å². The quantitative estimate of drug-likeness (QED) is 0.454. The number of ether oxygens (including phenoxy) is 2. The molecule has 30 heavy (non-hydrogen) atoms. The number of nitrogens with one attached hydrogen (secondary N) is 5. The maximum atomic E-state index is 13.0. The molecule has 162 valence electrons. The van der Waals surface area contributed by atoms with Gasteiger partial charge in [-0.25, -0.2) is 18.5 Å². The van der Waals surface area contributed by atoms with E-state index in [1.54, 1.807) is 7.11 Å². The van der Waals surface area contributed by atoms with Crippen molar-refractivity contribution in [2.45, 2.75) is 44.6 Å². The summed E-state index contributed by atoms with van der Waals surface area (Å²) in [5.41, 5.74) is 5.65. The lowest BCUT2D eigenvalue weighted by molar-refractivity contribution is 0.00301. The number of hydrogen-bond donors (Lipinski definition) is 5. The Labute approximate surface area is 176 Å². The summed E-state index contributed by atoms with van der Waals surface area (Å²) in [5.74, 6) is 0.0556. The maximum Gasteiger partial charge on any atom is 0.331 e. The Morgan fingerprint density at radius 2 is 1.93 bits per heavy atom. The molecular formula is C20H27N5O4S. The SMILES string of the molecule is CO[C@H]1CN/C(=C(\C=N)S(=N)(=O)NC(=O)Nc2c3c(cc4c2CCC4)CCC3)OC1. The molecule has 1 unspecified atom stereocenters. The Kier molecular flexibility index (Phi) is 5.70. The lowest BCUT2D eigenvalue weighted by Crippen LogP contribution is -2.42. The number of fused-ring (bicyclic) bond motifs is 2. The van der Waals surface area contributed by atoms with E-state index >= 15 is 0 Å². The molecule has 1 aromatic carbocycles. The summed E-state index contributed by atoms with van der Waals surface area (Å²) >= 11 is 0. The zero-order valence-corrected chi connectivity index (χ0v) is 17.7. The lowest BCUT2D eigenvalue weighted by atomic mass is 9.99. The Bertz CT molecular complexity index is 976. The highest BCUT2D eigenvalue weighted by atomic mass is 32.2. The molecule has 2 amide bonds. The van der Waals surface area contributed by atoms with Gasteiger partial charge in [0, 0.05) is 25.6 Å². The van der Waals surface area contributed by atoms with Crippen LogP contribution < -0.4 is 15.4 Å². The average Bonchev–Trinajstić information content (AvgIpc) is 3.37. The lowest BCUT2D eigenvalue weighted by Gasteiger charge is -2.27. The number of methoxy groups -OCH3 is 1. The van der Waals surface area contributed by atoms with Gasteiger partial charge in [-0.3, -0.25) is 0 Å². The maximum absolute atomic E-state index is 13.0.